The van der Waals surface area contributed by atoms with Crippen molar-refractivity contribution in [3.63, 3.8) is 0 Å². The first kappa shape index (κ1) is 25.1. The molecule has 0 aliphatic heterocycles. The van der Waals surface area contributed by atoms with Crippen LogP contribution in [0.1, 0.15) is 11.1 Å². The predicted octanol–water partition coefficient (Wildman–Crippen LogP) is 3.04. The summed E-state index contributed by atoms with van der Waals surface area (Å²) in [5, 5.41) is 5.98. The number of benzene rings is 2. The summed E-state index contributed by atoms with van der Waals surface area (Å²) in [6, 6.07) is 10.4. The van der Waals surface area contributed by atoms with Crippen LogP contribution >= 0.6 is 24.0 Å². The van der Waals surface area contributed by atoms with E-state index in [4.69, 9.17) is 0 Å². The van der Waals surface area contributed by atoms with E-state index >= 15 is 0 Å². The number of hydrogen-bond acceptors (Lipinski definition) is 3. The molecule has 0 bridgehead atoms. The van der Waals surface area contributed by atoms with Gasteiger partial charge in [0, 0.05) is 20.1 Å². The van der Waals surface area contributed by atoms with Crippen LogP contribution in [0.15, 0.2) is 47.5 Å². The third-order valence-corrected chi connectivity index (χ3v) is 5.24. The number of rotatable bonds is 8. The maximum absolute atomic E-state index is 13.5. The summed E-state index contributed by atoms with van der Waals surface area (Å²) in [5.74, 6) is -0.499. The molecule has 10 heteroatoms. The summed E-state index contributed by atoms with van der Waals surface area (Å²) in [6.07, 6.45) is 0.666. The molecular weight excluding hydrogens is 513 g/mol. The van der Waals surface area contributed by atoms with Crippen LogP contribution in [-0.4, -0.2) is 40.3 Å². The summed E-state index contributed by atoms with van der Waals surface area (Å²) >= 11 is 0. The first-order valence-electron chi connectivity index (χ1n) is 8.74. The Balaban J connectivity index is 0.00000420. The Morgan fingerprint density at radius 1 is 1.03 bits per heavy atom. The van der Waals surface area contributed by atoms with Crippen molar-refractivity contribution in [3.05, 3.63) is 65.2 Å². The minimum atomic E-state index is -3.63. The second kappa shape index (κ2) is 11.9. The largest absolute Gasteiger partial charge is 0.356 e. The first-order chi connectivity index (χ1) is 13.3. The molecule has 2 aromatic carbocycles. The predicted molar refractivity (Wildman–Crippen MR) is 123 cm³/mol. The van der Waals surface area contributed by atoms with Crippen LogP contribution in [0.5, 0.6) is 0 Å². The summed E-state index contributed by atoms with van der Waals surface area (Å²) in [4.78, 5) is 4.03. The van der Waals surface area contributed by atoms with E-state index in [1.54, 1.807) is 26.1 Å². The number of anilines is 1. The quantitative estimate of drug-likeness (QED) is 0.274. The lowest BCUT2D eigenvalue weighted by atomic mass is 10.1. The number of aliphatic imine (C=N–C) groups is 1. The van der Waals surface area contributed by atoms with Crippen LogP contribution in [0.25, 0.3) is 0 Å². The van der Waals surface area contributed by atoms with Gasteiger partial charge in [0.2, 0.25) is 10.0 Å². The number of nitrogens with one attached hydrogen (secondary N) is 3. The van der Waals surface area contributed by atoms with E-state index < -0.39 is 15.8 Å². The fraction of sp³-hybridized carbons (Fsp3) is 0.316. The number of guanidine groups is 1. The molecule has 0 heterocycles. The van der Waals surface area contributed by atoms with Crippen molar-refractivity contribution < 1.29 is 17.2 Å². The molecule has 0 saturated heterocycles. The highest BCUT2D eigenvalue weighted by Gasteiger charge is 2.11. The molecule has 0 saturated carbocycles. The number of aryl methyl sites for hydroxylation is 1. The van der Waals surface area contributed by atoms with Crippen molar-refractivity contribution >= 4 is 45.6 Å². The van der Waals surface area contributed by atoms with Gasteiger partial charge in [0.25, 0.3) is 0 Å². The lowest BCUT2D eigenvalue weighted by Gasteiger charge is -2.13. The summed E-state index contributed by atoms with van der Waals surface area (Å²) in [5.41, 5.74) is 1.60. The van der Waals surface area contributed by atoms with Crippen LogP contribution in [0.2, 0.25) is 0 Å². The maximum Gasteiger partial charge on any atom is 0.234 e. The van der Waals surface area contributed by atoms with Crippen LogP contribution in [0.4, 0.5) is 14.5 Å². The molecule has 0 aliphatic carbocycles. The maximum atomic E-state index is 13.5. The Bertz CT molecular complexity index is 922. The van der Waals surface area contributed by atoms with Gasteiger partial charge < -0.3 is 10.6 Å². The molecular formula is C19H25F2IN4O2S. The van der Waals surface area contributed by atoms with Crippen molar-refractivity contribution in [1.82, 2.24) is 10.6 Å². The van der Waals surface area contributed by atoms with E-state index in [9.17, 15) is 17.2 Å². The van der Waals surface area contributed by atoms with Crippen molar-refractivity contribution in [1.29, 1.82) is 0 Å². The van der Waals surface area contributed by atoms with E-state index in [1.807, 2.05) is 0 Å². The zero-order valence-corrected chi connectivity index (χ0v) is 19.4. The zero-order valence-electron chi connectivity index (χ0n) is 16.2. The molecule has 0 radical (unpaired) electrons. The SMILES string of the molecule is CN=C(NCCc1ccc(F)cc1)NCCS(=O)(=O)Nc1ccc(C)c(F)c1.I. The Labute approximate surface area is 187 Å². The highest BCUT2D eigenvalue weighted by Crippen LogP contribution is 2.14. The van der Waals surface area contributed by atoms with Crippen molar-refractivity contribution in [2.75, 3.05) is 30.6 Å². The molecule has 3 N–H and O–H groups in total. The molecule has 0 aromatic heterocycles. The van der Waals surface area contributed by atoms with Gasteiger partial charge in [-0.2, -0.15) is 0 Å². The Hall–Kier alpha value is -1.95. The van der Waals surface area contributed by atoms with Gasteiger partial charge >= 0.3 is 0 Å². The van der Waals surface area contributed by atoms with E-state index in [0.29, 0.717) is 24.5 Å². The van der Waals surface area contributed by atoms with Crippen molar-refractivity contribution in [3.8, 4) is 0 Å². The van der Waals surface area contributed by atoms with E-state index in [1.165, 1.54) is 24.3 Å². The second-order valence-electron chi connectivity index (χ2n) is 6.19. The third-order valence-electron chi connectivity index (χ3n) is 3.95. The Morgan fingerprint density at radius 3 is 2.31 bits per heavy atom. The summed E-state index contributed by atoms with van der Waals surface area (Å²) in [6.45, 7) is 2.28. The first-order valence-corrected chi connectivity index (χ1v) is 10.4. The van der Waals surface area contributed by atoms with Crippen LogP contribution in [-0.2, 0) is 16.4 Å². The molecule has 2 rings (SSSR count). The molecule has 0 fully saturated rings. The summed E-state index contributed by atoms with van der Waals surface area (Å²) < 4.78 is 53.0. The minimum absolute atomic E-state index is 0. The number of sulfonamides is 1. The van der Waals surface area contributed by atoms with E-state index in [0.717, 1.165) is 11.6 Å². The van der Waals surface area contributed by atoms with Gasteiger partial charge in [0.05, 0.1) is 11.4 Å². The monoisotopic (exact) mass is 538 g/mol. The van der Waals surface area contributed by atoms with Gasteiger partial charge in [0.15, 0.2) is 5.96 Å². The van der Waals surface area contributed by atoms with Gasteiger partial charge in [-0.15, -0.1) is 24.0 Å². The normalized spacial score (nSPS) is 11.5. The fourth-order valence-electron chi connectivity index (χ4n) is 2.39. The third kappa shape index (κ3) is 8.94. The Morgan fingerprint density at radius 2 is 1.69 bits per heavy atom. The lowest BCUT2D eigenvalue weighted by Crippen LogP contribution is -2.40. The molecule has 0 spiro atoms. The summed E-state index contributed by atoms with van der Waals surface area (Å²) in [7, 11) is -2.05. The van der Waals surface area contributed by atoms with Gasteiger partial charge in [0.1, 0.15) is 11.6 Å². The fourth-order valence-corrected chi connectivity index (χ4v) is 3.35. The molecule has 0 aliphatic rings. The highest BCUT2D eigenvalue weighted by molar-refractivity contribution is 14.0. The molecule has 160 valence electrons. The standard InChI is InChI=1S/C19H24F2N4O2S.HI/c1-14-3-8-17(13-18(14)21)25-28(26,27)12-11-24-19(22-2)23-10-9-15-4-6-16(20)7-5-15;/h3-8,13,25H,9-12H2,1-2H3,(H2,22,23,24);1H. The lowest BCUT2D eigenvalue weighted by molar-refractivity contribution is 0.599. The molecule has 0 atom stereocenters. The van der Waals surface area contributed by atoms with Gasteiger partial charge in [-0.25, -0.2) is 17.2 Å². The van der Waals surface area contributed by atoms with Gasteiger partial charge in [-0.3, -0.25) is 9.71 Å². The smallest absolute Gasteiger partial charge is 0.234 e. The van der Waals surface area contributed by atoms with Crippen molar-refractivity contribution in [2.24, 2.45) is 4.99 Å². The topological polar surface area (TPSA) is 82.6 Å². The van der Waals surface area contributed by atoms with E-state index in [-0.39, 0.29) is 47.8 Å². The van der Waals surface area contributed by atoms with Crippen molar-refractivity contribution in [2.45, 2.75) is 13.3 Å². The molecule has 29 heavy (non-hydrogen) atoms. The number of halogens is 3. The minimum Gasteiger partial charge on any atom is -0.356 e. The zero-order chi connectivity index (χ0) is 20.6. The van der Waals surface area contributed by atoms with Gasteiger partial charge in [-0.1, -0.05) is 18.2 Å². The molecule has 0 amide bonds. The molecule has 6 nitrogen and oxygen atoms in total. The average Bonchev–Trinajstić information content (AvgIpc) is 2.64. The highest BCUT2D eigenvalue weighted by atomic mass is 127. The van der Waals surface area contributed by atoms with Crippen LogP contribution in [0, 0.1) is 18.6 Å². The van der Waals surface area contributed by atoms with E-state index in [2.05, 4.69) is 20.3 Å². The number of hydrogen-bond donors (Lipinski definition) is 3. The second-order valence-corrected chi connectivity index (χ2v) is 8.03. The van der Waals surface area contributed by atoms with Crippen LogP contribution < -0.4 is 15.4 Å². The molecule has 2 aromatic rings. The molecule has 0 unspecified atom stereocenters. The van der Waals surface area contributed by atoms with Crippen LogP contribution in [0.3, 0.4) is 0 Å². The van der Waals surface area contributed by atoms with Gasteiger partial charge in [-0.05, 0) is 48.7 Å². The average molecular weight is 538 g/mol. The Kier molecular flexibility index (Phi) is 10.3. The number of nitrogens with zero attached hydrogens (tertiary/aromatic N) is 1.